The zero-order valence-electron chi connectivity index (χ0n) is 11.9. The maximum atomic E-state index is 3.32. The van der Waals surface area contributed by atoms with E-state index in [0.717, 1.165) is 0 Å². The maximum absolute atomic E-state index is 3.32. The molecular formula is C16H22BN. The Bertz CT molecular complexity index is 564. The van der Waals surface area contributed by atoms with Crippen LogP contribution in [0.1, 0.15) is 27.7 Å². The fraction of sp³-hybridized carbons (Fsp3) is 0.500. The van der Waals surface area contributed by atoms with Gasteiger partial charge in [-0.15, -0.1) is 0 Å². The smallest absolute Gasteiger partial charge is 0.177 e. The van der Waals surface area contributed by atoms with E-state index in [1.54, 1.807) is 0 Å². The molecule has 0 unspecified atom stereocenters. The van der Waals surface area contributed by atoms with E-state index in [0.29, 0.717) is 17.5 Å². The van der Waals surface area contributed by atoms with Crippen LogP contribution < -0.4 is 5.46 Å². The van der Waals surface area contributed by atoms with Gasteiger partial charge in [0.05, 0.1) is 0 Å². The van der Waals surface area contributed by atoms with E-state index >= 15 is 0 Å². The highest BCUT2D eigenvalue weighted by molar-refractivity contribution is 6.76. The highest BCUT2D eigenvalue weighted by atomic mass is 14.7. The van der Waals surface area contributed by atoms with Crippen LogP contribution in [0.25, 0.3) is 10.9 Å². The van der Waals surface area contributed by atoms with Gasteiger partial charge in [-0.1, -0.05) is 57.9 Å². The van der Waals surface area contributed by atoms with Crippen molar-refractivity contribution in [2.24, 2.45) is 10.8 Å². The molecule has 1 aliphatic heterocycles. The number of rotatable bonds is 1. The first kappa shape index (κ1) is 11.9. The van der Waals surface area contributed by atoms with Gasteiger partial charge in [-0.05, 0) is 28.3 Å². The molecule has 2 heteroatoms. The van der Waals surface area contributed by atoms with Crippen molar-refractivity contribution >= 4 is 23.1 Å². The predicted molar refractivity (Wildman–Crippen MR) is 80.9 cm³/mol. The van der Waals surface area contributed by atoms with Crippen LogP contribution in [0.4, 0.5) is 0 Å². The Morgan fingerprint density at radius 2 is 1.67 bits per heavy atom. The number of aromatic amines is 1. The minimum atomic E-state index is 0.427. The van der Waals surface area contributed by atoms with Crippen LogP contribution in [-0.4, -0.2) is 11.7 Å². The van der Waals surface area contributed by atoms with Crippen molar-refractivity contribution in [2.45, 2.75) is 40.3 Å². The summed E-state index contributed by atoms with van der Waals surface area (Å²) >= 11 is 0. The molecule has 1 fully saturated rings. The summed E-state index contributed by atoms with van der Waals surface area (Å²) in [6.07, 6.45) is 4.65. The molecule has 0 atom stereocenters. The van der Waals surface area contributed by atoms with Crippen molar-refractivity contribution in [1.82, 2.24) is 4.98 Å². The van der Waals surface area contributed by atoms with Crippen LogP contribution in [0.2, 0.25) is 12.6 Å². The number of fused-ring (bicyclic) bond motifs is 1. The third kappa shape index (κ3) is 1.62. The molecule has 0 bridgehead atoms. The van der Waals surface area contributed by atoms with Crippen LogP contribution >= 0.6 is 0 Å². The second-order valence-electron chi connectivity index (χ2n) is 7.16. The summed E-state index contributed by atoms with van der Waals surface area (Å²) in [7, 11) is 0. The van der Waals surface area contributed by atoms with Crippen LogP contribution in [-0.2, 0) is 0 Å². The Balaban J connectivity index is 2.05. The second-order valence-corrected chi connectivity index (χ2v) is 7.16. The van der Waals surface area contributed by atoms with Crippen molar-refractivity contribution in [3.05, 3.63) is 30.5 Å². The Morgan fingerprint density at radius 1 is 1.00 bits per heavy atom. The molecule has 1 aromatic carbocycles. The summed E-state index contributed by atoms with van der Waals surface area (Å²) in [4.78, 5) is 3.32. The lowest BCUT2D eigenvalue weighted by atomic mass is 9.41. The summed E-state index contributed by atoms with van der Waals surface area (Å²) < 4.78 is 0. The summed E-state index contributed by atoms with van der Waals surface area (Å²) in [6.45, 7) is 10.4. The van der Waals surface area contributed by atoms with Crippen LogP contribution in [0.15, 0.2) is 30.5 Å². The zero-order valence-corrected chi connectivity index (χ0v) is 11.9. The number of hydrogen-bond acceptors (Lipinski definition) is 0. The van der Waals surface area contributed by atoms with Crippen LogP contribution in [0.5, 0.6) is 0 Å². The number of nitrogens with one attached hydrogen (secondary N) is 1. The summed E-state index contributed by atoms with van der Waals surface area (Å²) in [5.74, 6) is 0. The largest absolute Gasteiger partial charge is 0.361 e. The third-order valence-corrected chi connectivity index (χ3v) is 5.41. The average molecular weight is 239 g/mol. The van der Waals surface area contributed by atoms with E-state index in [9.17, 15) is 0 Å². The molecule has 0 amide bonds. The average Bonchev–Trinajstić information content (AvgIpc) is 2.81. The fourth-order valence-corrected chi connectivity index (χ4v) is 3.54. The Morgan fingerprint density at radius 3 is 2.33 bits per heavy atom. The van der Waals surface area contributed by atoms with Gasteiger partial charge in [0.2, 0.25) is 0 Å². The molecule has 0 saturated carbocycles. The van der Waals surface area contributed by atoms with Gasteiger partial charge in [0.15, 0.2) is 6.71 Å². The Kier molecular flexibility index (Phi) is 2.42. The van der Waals surface area contributed by atoms with Gasteiger partial charge >= 0.3 is 0 Å². The monoisotopic (exact) mass is 239 g/mol. The topological polar surface area (TPSA) is 15.8 Å². The summed E-state index contributed by atoms with van der Waals surface area (Å²) in [5, 5.41) is 1.41. The van der Waals surface area contributed by atoms with E-state index in [4.69, 9.17) is 0 Å². The molecule has 1 nitrogen and oxygen atoms in total. The predicted octanol–water partition coefficient (Wildman–Crippen LogP) is 3.94. The first-order valence-corrected chi connectivity index (χ1v) is 6.97. The van der Waals surface area contributed by atoms with Gasteiger partial charge in [0, 0.05) is 11.7 Å². The van der Waals surface area contributed by atoms with Crippen molar-refractivity contribution in [3.63, 3.8) is 0 Å². The molecule has 0 radical (unpaired) electrons. The maximum Gasteiger partial charge on any atom is 0.177 e. The molecule has 0 spiro atoms. The molecule has 2 aromatic rings. The third-order valence-electron chi connectivity index (χ3n) is 5.41. The van der Waals surface area contributed by atoms with Crippen molar-refractivity contribution in [1.29, 1.82) is 0 Å². The Hall–Kier alpha value is -1.18. The van der Waals surface area contributed by atoms with Gasteiger partial charge in [-0.3, -0.25) is 0 Å². The molecule has 1 aliphatic rings. The van der Waals surface area contributed by atoms with Crippen molar-refractivity contribution < 1.29 is 0 Å². The van der Waals surface area contributed by atoms with Gasteiger partial charge < -0.3 is 4.98 Å². The first-order chi connectivity index (χ1) is 8.41. The van der Waals surface area contributed by atoms with Gasteiger partial charge in [0.25, 0.3) is 0 Å². The van der Waals surface area contributed by atoms with Crippen molar-refractivity contribution in [2.75, 3.05) is 0 Å². The molecule has 1 aromatic heterocycles. The number of hydrogen-bond donors (Lipinski definition) is 1. The minimum absolute atomic E-state index is 0.427. The second kappa shape index (κ2) is 3.66. The van der Waals surface area contributed by atoms with E-state index in [1.807, 2.05) is 0 Å². The van der Waals surface area contributed by atoms with E-state index in [1.165, 1.54) is 29.0 Å². The summed E-state index contributed by atoms with van der Waals surface area (Å²) in [6, 6.07) is 8.90. The quantitative estimate of drug-likeness (QED) is 0.725. The van der Waals surface area contributed by atoms with Gasteiger partial charge in [-0.25, -0.2) is 0 Å². The molecule has 94 valence electrons. The number of H-pyrrole nitrogens is 1. The normalized spacial score (nSPS) is 21.7. The van der Waals surface area contributed by atoms with Crippen molar-refractivity contribution in [3.8, 4) is 0 Å². The Labute approximate surface area is 110 Å². The van der Waals surface area contributed by atoms with Crippen LogP contribution in [0.3, 0.4) is 0 Å². The molecular weight excluding hydrogens is 217 g/mol. The molecule has 1 saturated heterocycles. The molecule has 18 heavy (non-hydrogen) atoms. The minimum Gasteiger partial charge on any atom is -0.361 e. The first-order valence-electron chi connectivity index (χ1n) is 6.97. The lowest BCUT2D eigenvalue weighted by Gasteiger charge is -2.35. The molecule has 0 aliphatic carbocycles. The fourth-order valence-electron chi connectivity index (χ4n) is 3.54. The summed E-state index contributed by atoms with van der Waals surface area (Å²) in [5.41, 5.74) is 3.66. The number of benzene rings is 1. The zero-order chi connectivity index (χ0) is 13.0. The van der Waals surface area contributed by atoms with E-state index < -0.39 is 0 Å². The standard InChI is InChI=1S/C16H22BN/c1-15(2)10-17(11-16(15,3)4)13-6-5-7-14-12(13)8-9-18-14/h5-9,18H,10-11H2,1-4H3. The van der Waals surface area contributed by atoms with Crippen LogP contribution in [0, 0.1) is 10.8 Å². The lowest BCUT2D eigenvalue weighted by molar-refractivity contribution is 0.177. The lowest BCUT2D eigenvalue weighted by Crippen LogP contribution is -2.28. The highest BCUT2D eigenvalue weighted by Gasteiger charge is 2.48. The molecule has 2 heterocycles. The van der Waals surface area contributed by atoms with Gasteiger partial charge in [-0.2, -0.15) is 0 Å². The van der Waals surface area contributed by atoms with E-state index in [-0.39, 0.29) is 0 Å². The van der Waals surface area contributed by atoms with E-state index in [2.05, 4.69) is 63.1 Å². The van der Waals surface area contributed by atoms with Gasteiger partial charge in [0.1, 0.15) is 0 Å². The SMILES string of the molecule is CC1(C)CB(c2cccc3[nH]ccc23)CC1(C)C. The molecule has 1 N–H and O–H groups in total. The molecule has 3 rings (SSSR count). The highest BCUT2D eigenvalue weighted by Crippen LogP contribution is 2.52. The number of aromatic nitrogens is 1.